The molecule has 0 aliphatic rings. The monoisotopic (exact) mass is 260 g/mol. The van der Waals surface area contributed by atoms with E-state index in [0.29, 0.717) is 6.61 Å². The van der Waals surface area contributed by atoms with E-state index in [4.69, 9.17) is 27.3 Å². The average Bonchev–Trinajstić information content (AvgIpc) is 2.14. The molecule has 0 bridgehead atoms. The molecule has 0 saturated carbocycles. The minimum absolute atomic E-state index is 0. The molecular formula is C8H13NaO6S. The van der Waals surface area contributed by atoms with E-state index in [1.165, 1.54) is 0 Å². The van der Waals surface area contributed by atoms with Gasteiger partial charge in [0.25, 0.3) is 0 Å². The van der Waals surface area contributed by atoms with Crippen LogP contribution in [0.5, 0.6) is 5.75 Å². The van der Waals surface area contributed by atoms with Crippen molar-refractivity contribution < 1.29 is 27.3 Å². The van der Waals surface area contributed by atoms with Gasteiger partial charge in [0.1, 0.15) is 0 Å². The Balaban J connectivity index is 0. The zero-order chi connectivity index (χ0) is 11.7. The van der Waals surface area contributed by atoms with Gasteiger partial charge in [0.05, 0.1) is 6.61 Å². The molecule has 0 radical (unpaired) electrons. The Morgan fingerprint density at radius 2 is 1.62 bits per heavy atom. The fourth-order valence-electron chi connectivity index (χ4n) is 0.603. The molecule has 0 aliphatic heterocycles. The third-order valence-electron chi connectivity index (χ3n) is 1.02. The number of hydrogen-bond acceptors (Lipinski definition) is 4. The summed E-state index contributed by atoms with van der Waals surface area (Å²) in [5.41, 5.74) is 0. The molecule has 0 amide bonds. The first-order chi connectivity index (χ1) is 6.93. The molecule has 0 aliphatic carbocycles. The molecule has 1 rings (SSSR count). The van der Waals surface area contributed by atoms with Gasteiger partial charge in [0, 0.05) is 0 Å². The van der Waals surface area contributed by atoms with Gasteiger partial charge in [-0.1, -0.05) is 18.2 Å². The van der Waals surface area contributed by atoms with Crippen molar-refractivity contribution >= 4 is 40.0 Å². The molecule has 8 heteroatoms. The van der Waals surface area contributed by atoms with Crippen LogP contribution in [0.25, 0.3) is 0 Å². The van der Waals surface area contributed by atoms with Gasteiger partial charge >= 0.3 is 40.0 Å². The molecule has 1 aromatic rings. The standard InChI is InChI=1S/C8H10O2.Na.H2O4S.H/c1-2-9-10-8-6-4-3-5-7-8;;1-5(2,3)4;/h3-7H,2H2,1H3;;(H2,1,2,3,4);. The fourth-order valence-corrected chi connectivity index (χ4v) is 0.603. The molecule has 1 aromatic carbocycles. The second kappa shape index (κ2) is 10.0. The van der Waals surface area contributed by atoms with Crippen LogP contribution in [0.15, 0.2) is 30.3 Å². The van der Waals surface area contributed by atoms with Crippen molar-refractivity contribution in [3.05, 3.63) is 30.3 Å². The summed E-state index contributed by atoms with van der Waals surface area (Å²) in [6, 6.07) is 9.41. The molecule has 0 heterocycles. The van der Waals surface area contributed by atoms with Crippen LogP contribution < -0.4 is 4.89 Å². The summed E-state index contributed by atoms with van der Waals surface area (Å²) in [5, 5.41) is 0. The van der Waals surface area contributed by atoms with E-state index in [9.17, 15) is 0 Å². The Morgan fingerprint density at radius 1 is 1.19 bits per heavy atom. The van der Waals surface area contributed by atoms with Crippen molar-refractivity contribution in [1.82, 2.24) is 0 Å². The van der Waals surface area contributed by atoms with E-state index in [-0.39, 0.29) is 29.6 Å². The van der Waals surface area contributed by atoms with Gasteiger partial charge in [0.15, 0.2) is 5.75 Å². The summed E-state index contributed by atoms with van der Waals surface area (Å²) in [4.78, 5) is 9.57. The zero-order valence-corrected chi connectivity index (χ0v) is 8.85. The van der Waals surface area contributed by atoms with Gasteiger partial charge in [-0.2, -0.15) is 13.3 Å². The van der Waals surface area contributed by atoms with Crippen LogP contribution >= 0.6 is 0 Å². The van der Waals surface area contributed by atoms with Crippen molar-refractivity contribution in [2.24, 2.45) is 0 Å². The van der Waals surface area contributed by atoms with Crippen LogP contribution in [0, 0.1) is 0 Å². The molecule has 0 unspecified atom stereocenters. The van der Waals surface area contributed by atoms with E-state index < -0.39 is 10.4 Å². The molecule has 0 atom stereocenters. The van der Waals surface area contributed by atoms with Crippen LogP contribution in [0.1, 0.15) is 6.92 Å². The van der Waals surface area contributed by atoms with E-state index in [0.717, 1.165) is 5.75 Å². The van der Waals surface area contributed by atoms with Crippen molar-refractivity contribution in [1.29, 1.82) is 0 Å². The number of hydrogen-bond donors (Lipinski definition) is 2. The summed E-state index contributed by atoms with van der Waals surface area (Å²) in [6.45, 7) is 2.44. The third kappa shape index (κ3) is 16.3. The van der Waals surface area contributed by atoms with Gasteiger partial charge in [-0.05, 0) is 19.1 Å². The normalized spacial score (nSPS) is 9.44. The van der Waals surface area contributed by atoms with E-state index >= 15 is 0 Å². The van der Waals surface area contributed by atoms with Gasteiger partial charge in [-0.3, -0.25) is 9.11 Å². The van der Waals surface area contributed by atoms with Crippen molar-refractivity contribution in [2.75, 3.05) is 6.61 Å². The molecule has 0 fully saturated rings. The van der Waals surface area contributed by atoms with Crippen LogP contribution in [-0.2, 0) is 15.3 Å². The molecule has 16 heavy (non-hydrogen) atoms. The molecule has 0 aromatic heterocycles. The third-order valence-corrected chi connectivity index (χ3v) is 1.02. The van der Waals surface area contributed by atoms with Gasteiger partial charge in [-0.25, -0.2) is 0 Å². The average molecular weight is 260 g/mol. The number of benzene rings is 1. The quantitative estimate of drug-likeness (QED) is 0.360. The summed E-state index contributed by atoms with van der Waals surface area (Å²) in [6.07, 6.45) is 0. The predicted octanol–water partition coefficient (Wildman–Crippen LogP) is 0.716. The fraction of sp³-hybridized carbons (Fsp3) is 0.250. The molecule has 88 valence electrons. The Morgan fingerprint density at radius 3 is 2.00 bits per heavy atom. The van der Waals surface area contributed by atoms with Crippen LogP contribution in [0.3, 0.4) is 0 Å². The van der Waals surface area contributed by atoms with Gasteiger partial charge in [0.2, 0.25) is 0 Å². The first-order valence-electron chi connectivity index (χ1n) is 3.98. The summed E-state index contributed by atoms with van der Waals surface area (Å²) in [5.74, 6) is 0.740. The summed E-state index contributed by atoms with van der Waals surface area (Å²) in [7, 11) is -4.67. The second-order valence-electron chi connectivity index (χ2n) is 2.25. The number of rotatable bonds is 3. The van der Waals surface area contributed by atoms with Crippen LogP contribution in [0.4, 0.5) is 0 Å². The van der Waals surface area contributed by atoms with Crippen LogP contribution in [0.2, 0.25) is 0 Å². The Hall–Kier alpha value is -0.150. The SMILES string of the molecule is CCOOc1ccccc1.O=S(=O)(O)O.[NaH]. The predicted molar refractivity (Wildman–Crippen MR) is 60.0 cm³/mol. The minimum atomic E-state index is -4.67. The first kappa shape index (κ1) is 18.2. The van der Waals surface area contributed by atoms with E-state index in [2.05, 4.69) is 0 Å². The molecule has 2 N–H and O–H groups in total. The number of para-hydroxylation sites is 1. The topological polar surface area (TPSA) is 93.1 Å². The summed E-state index contributed by atoms with van der Waals surface area (Å²) >= 11 is 0. The Kier molecular flexibility index (Phi) is 11.4. The van der Waals surface area contributed by atoms with Crippen molar-refractivity contribution in [3.63, 3.8) is 0 Å². The molecule has 0 spiro atoms. The van der Waals surface area contributed by atoms with Gasteiger partial charge < -0.3 is 4.89 Å². The second-order valence-corrected chi connectivity index (χ2v) is 3.15. The zero-order valence-electron chi connectivity index (χ0n) is 8.03. The van der Waals surface area contributed by atoms with E-state index in [1.54, 1.807) is 0 Å². The Labute approximate surface area is 116 Å². The van der Waals surface area contributed by atoms with Crippen LogP contribution in [-0.4, -0.2) is 53.7 Å². The summed E-state index contributed by atoms with van der Waals surface area (Å²) < 4.78 is 31.6. The maximum atomic E-state index is 8.74. The maximum absolute atomic E-state index is 8.74. The van der Waals surface area contributed by atoms with Gasteiger partial charge in [-0.15, -0.1) is 0 Å². The first-order valence-corrected chi connectivity index (χ1v) is 5.37. The molecule has 0 saturated heterocycles. The van der Waals surface area contributed by atoms with E-state index in [1.807, 2.05) is 37.3 Å². The Bertz CT molecular complexity index is 344. The van der Waals surface area contributed by atoms with Crippen molar-refractivity contribution in [3.8, 4) is 5.75 Å². The van der Waals surface area contributed by atoms with Crippen molar-refractivity contribution in [2.45, 2.75) is 6.92 Å². The molecular weight excluding hydrogens is 247 g/mol. The molecule has 6 nitrogen and oxygen atoms in total.